The number of hydrogen-bond donors (Lipinski definition) is 1. The Morgan fingerprint density at radius 1 is 1.53 bits per heavy atom. The lowest BCUT2D eigenvalue weighted by molar-refractivity contribution is 0.211. The number of hydrogen-bond acceptors (Lipinski definition) is 4. The van der Waals surface area contributed by atoms with Crippen LogP contribution in [0.5, 0.6) is 11.5 Å². The summed E-state index contributed by atoms with van der Waals surface area (Å²) in [6.07, 6.45) is 2.33. The van der Waals surface area contributed by atoms with E-state index in [1.165, 1.54) is 6.42 Å². The summed E-state index contributed by atoms with van der Waals surface area (Å²) in [6.45, 7) is 2.66. The minimum atomic E-state index is 0.416. The summed E-state index contributed by atoms with van der Waals surface area (Å²) in [4.78, 5) is 0. The van der Waals surface area contributed by atoms with Crippen LogP contribution in [0.25, 0.3) is 0 Å². The summed E-state index contributed by atoms with van der Waals surface area (Å²) >= 11 is 6.14. The second kappa shape index (κ2) is 6.65. The molecule has 0 aliphatic carbocycles. The topological polar surface area (TPSA) is 54.3 Å². The molecule has 1 heterocycles. The Hall–Kier alpha value is -1.44. The van der Waals surface area contributed by atoms with Crippen molar-refractivity contribution in [1.29, 1.82) is 5.26 Å². The van der Waals surface area contributed by atoms with Gasteiger partial charge in [-0.15, -0.1) is 0 Å². The SMILES string of the molecule is COc1cc(C#N)cc(Cl)c1OCC1CCCNC1. The molecule has 2 rings (SSSR count). The smallest absolute Gasteiger partial charge is 0.179 e. The van der Waals surface area contributed by atoms with Crippen LogP contribution in [-0.4, -0.2) is 26.8 Å². The molecule has 102 valence electrons. The average molecular weight is 281 g/mol. The molecule has 1 unspecified atom stereocenters. The minimum absolute atomic E-state index is 0.416. The first-order valence-corrected chi connectivity index (χ1v) is 6.73. The lowest BCUT2D eigenvalue weighted by Gasteiger charge is -2.23. The Bertz CT molecular complexity index is 479. The van der Waals surface area contributed by atoms with Crippen LogP contribution in [0.1, 0.15) is 18.4 Å². The zero-order valence-corrected chi connectivity index (χ0v) is 11.7. The van der Waals surface area contributed by atoms with Crippen molar-refractivity contribution < 1.29 is 9.47 Å². The van der Waals surface area contributed by atoms with Crippen LogP contribution in [0.3, 0.4) is 0 Å². The first-order valence-electron chi connectivity index (χ1n) is 6.35. The van der Waals surface area contributed by atoms with Gasteiger partial charge in [-0.1, -0.05) is 11.6 Å². The van der Waals surface area contributed by atoms with Crippen LogP contribution in [0.15, 0.2) is 12.1 Å². The maximum Gasteiger partial charge on any atom is 0.179 e. The first kappa shape index (κ1) is 14.0. The molecule has 0 saturated carbocycles. The second-order valence-electron chi connectivity index (χ2n) is 4.62. The summed E-state index contributed by atoms with van der Waals surface area (Å²) in [6, 6.07) is 5.28. The number of rotatable bonds is 4. The van der Waals surface area contributed by atoms with Gasteiger partial charge in [-0.05, 0) is 25.5 Å². The van der Waals surface area contributed by atoms with E-state index >= 15 is 0 Å². The highest BCUT2D eigenvalue weighted by Crippen LogP contribution is 2.36. The molecule has 19 heavy (non-hydrogen) atoms. The van der Waals surface area contributed by atoms with Crippen molar-refractivity contribution in [2.45, 2.75) is 12.8 Å². The van der Waals surface area contributed by atoms with Crippen LogP contribution in [0.4, 0.5) is 0 Å². The molecule has 1 aromatic rings. The molecule has 1 saturated heterocycles. The van der Waals surface area contributed by atoms with Gasteiger partial charge in [0.05, 0.1) is 30.4 Å². The van der Waals surface area contributed by atoms with E-state index in [-0.39, 0.29) is 0 Å². The van der Waals surface area contributed by atoms with Gasteiger partial charge in [0, 0.05) is 18.5 Å². The molecule has 0 bridgehead atoms. The molecular weight excluding hydrogens is 264 g/mol. The number of piperidine rings is 1. The van der Waals surface area contributed by atoms with Gasteiger partial charge in [-0.2, -0.15) is 5.26 Å². The predicted molar refractivity (Wildman–Crippen MR) is 73.8 cm³/mol. The van der Waals surface area contributed by atoms with Crippen molar-refractivity contribution in [3.63, 3.8) is 0 Å². The van der Waals surface area contributed by atoms with Crippen LogP contribution in [-0.2, 0) is 0 Å². The minimum Gasteiger partial charge on any atom is -0.493 e. The molecule has 0 radical (unpaired) electrons. The van der Waals surface area contributed by atoms with Gasteiger partial charge in [0.15, 0.2) is 11.5 Å². The highest BCUT2D eigenvalue weighted by molar-refractivity contribution is 6.32. The fourth-order valence-corrected chi connectivity index (χ4v) is 2.46. The summed E-state index contributed by atoms with van der Waals surface area (Å²) < 4.78 is 11.0. The third-order valence-corrected chi connectivity index (χ3v) is 3.50. The number of nitrogens with zero attached hydrogens (tertiary/aromatic N) is 1. The number of halogens is 1. The molecular formula is C14H17ClN2O2. The zero-order chi connectivity index (χ0) is 13.7. The Morgan fingerprint density at radius 2 is 2.37 bits per heavy atom. The molecule has 0 spiro atoms. The number of benzene rings is 1. The third kappa shape index (κ3) is 3.52. The molecule has 5 heteroatoms. The van der Waals surface area contributed by atoms with Crippen molar-refractivity contribution in [3.05, 3.63) is 22.7 Å². The van der Waals surface area contributed by atoms with Crippen molar-refractivity contribution in [3.8, 4) is 17.6 Å². The van der Waals surface area contributed by atoms with Crippen molar-refractivity contribution in [2.75, 3.05) is 26.8 Å². The molecule has 1 aliphatic rings. The summed E-state index contributed by atoms with van der Waals surface area (Å²) in [5.41, 5.74) is 0.466. The Balaban J connectivity index is 2.08. The molecule has 1 N–H and O–H groups in total. The summed E-state index contributed by atoms with van der Waals surface area (Å²) in [5.74, 6) is 1.52. The van der Waals surface area contributed by atoms with Crippen LogP contribution >= 0.6 is 11.6 Å². The van der Waals surface area contributed by atoms with E-state index in [0.29, 0.717) is 34.6 Å². The maximum atomic E-state index is 8.89. The van der Waals surface area contributed by atoms with Gasteiger partial charge < -0.3 is 14.8 Å². The lowest BCUT2D eigenvalue weighted by Crippen LogP contribution is -2.33. The highest BCUT2D eigenvalue weighted by Gasteiger charge is 2.17. The van der Waals surface area contributed by atoms with Gasteiger partial charge in [0.25, 0.3) is 0 Å². The van der Waals surface area contributed by atoms with E-state index in [9.17, 15) is 0 Å². The van der Waals surface area contributed by atoms with Crippen LogP contribution in [0, 0.1) is 17.2 Å². The normalized spacial score (nSPS) is 18.7. The van der Waals surface area contributed by atoms with Crippen molar-refractivity contribution >= 4 is 11.6 Å². The second-order valence-corrected chi connectivity index (χ2v) is 5.03. The van der Waals surface area contributed by atoms with Gasteiger partial charge in [-0.25, -0.2) is 0 Å². The standard InChI is InChI=1S/C14H17ClN2O2/c1-18-13-6-11(7-16)5-12(15)14(13)19-9-10-3-2-4-17-8-10/h5-6,10,17H,2-4,8-9H2,1H3. The summed E-state index contributed by atoms with van der Waals surface area (Å²) in [7, 11) is 1.54. The van der Waals surface area contributed by atoms with E-state index in [1.54, 1.807) is 19.2 Å². The van der Waals surface area contributed by atoms with E-state index in [0.717, 1.165) is 19.5 Å². The van der Waals surface area contributed by atoms with Gasteiger partial charge in [0.1, 0.15) is 0 Å². The maximum absolute atomic E-state index is 8.89. The first-order chi connectivity index (χ1) is 9.24. The van der Waals surface area contributed by atoms with Crippen molar-refractivity contribution in [1.82, 2.24) is 5.32 Å². The van der Waals surface area contributed by atoms with Gasteiger partial charge >= 0.3 is 0 Å². The van der Waals surface area contributed by atoms with Crippen LogP contribution in [0.2, 0.25) is 5.02 Å². The Labute approximate surface area is 118 Å². The van der Waals surface area contributed by atoms with E-state index in [2.05, 4.69) is 5.32 Å². The fourth-order valence-electron chi connectivity index (χ4n) is 2.19. The number of nitrogens with one attached hydrogen (secondary N) is 1. The lowest BCUT2D eigenvalue weighted by atomic mass is 10.0. The number of nitriles is 1. The number of ether oxygens (including phenoxy) is 2. The number of methoxy groups -OCH3 is 1. The molecule has 1 fully saturated rings. The summed E-state index contributed by atoms with van der Waals surface area (Å²) in [5, 5.41) is 12.7. The quantitative estimate of drug-likeness (QED) is 0.921. The molecule has 1 aliphatic heterocycles. The van der Waals surface area contributed by atoms with E-state index < -0.39 is 0 Å². The van der Waals surface area contributed by atoms with E-state index in [4.69, 9.17) is 26.3 Å². The fraction of sp³-hybridized carbons (Fsp3) is 0.500. The average Bonchev–Trinajstić information content (AvgIpc) is 2.46. The van der Waals surface area contributed by atoms with Crippen LogP contribution < -0.4 is 14.8 Å². The predicted octanol–water partition coefficient (Wildman–Crippen LogP) is 2.60. The van der Waals surface area contributed by atoms with Gasteiger partial charge in [0.2, 0.25) is 0 Å². The monoisotopic (exact) mass is 280 g/mol. The molecule has 1 aromatic carbocycles. The Morgan fingerprint density at radius 3 is 3.00 bits per heavy atom. The highest BCUT2D eigenvalue weighted by atomic mass is 35.5. The van der Waals surface area contributed by atoms with Crippen molar-refractivity contribution in [2.24, 2.45) is 5.92 Å². The molecule has 4 nitrogen and oxygen atoms in total. The molecule has 0 aromatic heterocycles. The van der Waals surface area contributed by atoms with Gasteiger partial charge in [-0.3, -0.25) is 0 Å². The third-order valence-electron chi connectivity index (χ3n) is 3.22. The Kier molecular flexibility index (Phi) is 4.89. The largest absolute Gasteiger partial charge is 0.493 e. The van der Waals surface area contributed by atoms with E-state index in [1.807, 2.05) is 6.07 Å². The molecule has 0 amide bonds. The zero-order valence-electron chi connectivity index (χ0n) is 10.9. The molecule has 1 atom stereocenters.